The fraction of sp³-hybridized carbons (Fsp3) is 0.609. The summed E-state index contributed by atoms with van der Waals surface area (Å²) in [6.07, 6.45) is 5.95. The minimum absolute atomic E-state index is 0.0321. The molecule has 0 aliphatic carbocycles. The minimum Gasteiger partial charge on any atom is -0.373 e. The zero-order valence-electron chi connectivity index (χ0n) is 20.3. The summed E-state index contributed by atoms with van der Waals surface area (Å²) in [7, 11) is -1.36. The first-order chi connectivity index (χ1) is 16.8. The second-order valence-corrected chi connectivity index (χ2v) is 11.7. The van der Waals surface area contributed by atoms with Gasteiger partial charge in [-0.15, -0.1) is 0 Å². The number of anilines is 3. The predicted octanol–water partition coefficient (Wildman–Crippen LogP) is 2.98. The van der Waals surface area contributed by atoms with Crippen molar-refractivity contribution in [2.75, 3.05) is 36.2 Å². The molecule has 2 saturated heterocycles. The number of H-pyrrole nitrogens is 1. The van der Waals surface area contributed by atoms with Crippen molar-refractivity contribution in [2.24, 2.45) is 0 Å². The van der Waals surface area contributed by atoms with Crippen LogP contribution in [0.5, 0.6) is 0 Å². The van der Waals surface area contributed by atoms with Crippen LogP contribution in [0.25, 0.3) is 5.57 Å². The normalized spacial score (nSPS) is 24.9. The Hall–Kier alpha value is -2.57. The molecule has 3 aliphatic heterocycles. The molecule has 0 spiro atoms. The van der Waals surface area contributed by atoms with Gasteiger partial charge in [-0.25, -0.2) is 17.8 Å². The third kappa shape index (κ3) is 4.66. The molecule has 0 unspecified atom stereocenters. The summed E-state index contributed by atoms with van der Waals surface area (Å²) in [6, 6.07) is 1.75. The summed E-state index contributed by atoms with van der Waals surface area (Å²) in [6.45, 7) is 4.27. The number of ether oxygens (including phenoxy) is 1. The number of halogens is 1. The molecule has 0 amide bonds. The number of aryl methyl sites for hydroxylation is 1. The standard InChI is InChI=1S/C23H32FN7O3S/c1-4-35(32,33)31-16-6-5-7-17(31)12-18(11-16)30(3)23-26-21(15-8-9-34-13-15)20(24)22(27-23)25-19-10-14(2)28-29-19/h8,10,16-18H,4-7,9,11-13H2,1-3H3,(H2,25,26,27,28,29)/t16-,17+,18-. The highest BCUT2D eigenvalue weighted by Crippen LogP contribution is 2.39. The number of nitrogens with zero attached hydrogens (tertiary/aromatic N) is 5. The zero-order chi connectivity index (χ0) is 24.7. The Balaban J connectivity index is 1.47. The third-order valence-electron chi connectivity index (χ3n) is 7.23. The summed E-state index contributed by atoms with van der Waals surface area (Å²) in [5, 5.41) is 9.96. The number of hydrogen-bond donors (Lipinski definition) is 2. The average molecular weight is 506 g/mol. The molecule has 10 nitrogen and oxygen atoms in total. The molecule has 5 rings (SSSR count). The minimum atomic E-state index is -3.26. The molecular formula is C23H32FN7O3S. The van der Waals surface area contributed by atoms with Crippen molar-refractivity contribution in [2.45, 2.75) is 64.1 Å². The van der Waals surface area contributed by atoms with Gasteiger partial charge in [0.05, 0.1) is 19.0 Å². The lowest BCUT2D eigenvalue weighted by atomic mass is 9.83. The van der Waals surface area contributed by atoms with Crippen molar-refractivity contribution in [1.29, 1.82) is 0 Å². The predicted molar refractivity (Wildman–Crippen MR) is 132 cm³/mol. The van der Waals surface area contributed by atoms with Crippen LogP contribution >= 0.6 is 0 Å². The molecule has 5 heterocycles. The maximum atomic E-state index is 15.5. The van der Waals surface area contributed by atoms with E-state index in [1.165, 1.54) is 0 Å². The molecule has 3 aliphatic rings. The van der Waals surface area contributed by atoms with E-state index >= 15 is 4.39 Å². The Morgan fingerprint density at radius 1 is 1.29 bits per heavy atom. The second-order valence-electron chi connectivity index (χ2n) is 9.55. The smallest absolute Gasteiger partial charge is 0.228 e. The molecule has 0 aromatic carbocycles. The van der Waals surface area contributed by atoms with Gasteiger partial charge in [0, 0.05) is 42.5 Å². The molecule has 0 radical (unpaired) electrons. The van der Waals surface area contributed by atoms with Crippen molar-refractivity contribution >= 4 is 33.2 Å². The van der Waals surface area contributed by atoms with Gasteiger partial charge in [-0.1, -0.05) is 12.5 Å². The van der Waals surface area contributed by atoms with Crippen molar-refractivity contribution in [1.82, 2.24) is 24.5 Å². The Morgan fingerprint density at radius 2 is 2.03 bits per heavy atom. The van der Waals surface area contributed by atoms with E-state index in [1.807, 2.05) is 24.9 Å². The first-order valence-electron chi connectivity index (χ1n) is 12.1. The van der Waals surface area contributed by atoms with Crippen LogP contribution in [0.15, 0.2) is 12.1 Å². The summed E-state index contributed by atoms with van der Waals surface area (Å²) in [4.78, 5) is 11.1. The molecular weight excluding hydrogens is 473 g/mol. The van der Waals surface area contributed by atoms with E-state index in [-0.39, 0.29) is 42.0 Å². The maximum absolute atomic E-state index is 15.5. The van der Waals surface area contributed by atoms with E-state index in [0.717, 1.165) is 25.0 Å². The van der Waals surface area contributed by atoms with Crippen LogP contribution in [0, 0.1) is 12.7 Å². The number of sulfonamides is 1. The van der Waals surface area contributed by atoms with Crippen LogP contribution in [-0.4, -0.2) is 77.0 Å². The van der Waals surface area contributed by atoms with Gasteiger partial charge in [0.2, 0.25) is 16.0 Å². The Bertz CT molecular complexity index is 1220. The monoisotopic (exact) mass is 505 g/mol. The van der Waals surface area contributed by atoms with Crippen LogP contribution in [-0.2, 0) is 14.8 Å². The molecule has 35 heavy (non-hydrogen) atoms. The Morgan fingerprint density at radius 3 is 2.63 bits per heavy atom. The van der Waals surface area contributed by atoms with Crippen LogP contribution in [0.2, 0.25) is 0 Å². The Labute approximate surface area is 205 Å². The fourth-order valence-corrected chi connectivity index (χ4v) is 7.03. The number of hydrogen-bond acceptors (Lipinski definition) is 8. The highest BCUT2D eigenvalue weighted by molar-refractivity contribution is 7.89. The first kappa shape index (κ1) is 24.1. The van der Waals surface area contributed by atoms with Gasteiger partial charge in [-0.3, -0.25) is 5.10 Å². The zero-order valence-corrected chi connectivity index (χ0v) is 21.1. The van der Waals surface area contributed by atoms with Crippen LogP contribution in [0.3, 0.4) is 0 Å². The second kappa shape index (κ2) is 9.47. The van der Waals surface area contributed by atoms with E-state index in [9.17, 15) is 8.42 Å². The van der Waals surface area contributed by atoms with Crippen molar-refractivity contribution in [3.05, 3.63) is 29.3 Å². The number of aromatic nitrogens is 4. The largest absolute Gasteiger partial charge is 0.373 e. The molecule has 2 aromatic rings. The topological polar surface area (TPSA) is 116 Å². The van der Waals surface area contributed by atoms with E-state index < -0.39 is 15.8 Å². The van der Waals surface area contributed by atoms with Crippen molar-refractivity contribution in [3.8, 4) is 0 Å². The molecule has 12 heteroatoms. The van der Waals surface area contributed by atoms with E-state index in [0.29, 0.717) is 36.8 Å². The molecule has 3 atom stereocenters. The van der Waals surface area contributed by atoms with Crippen LogP contribution in [0.1, 0.15) is 50.4 Å². The van der Waals surface area contributed by atoms with Crippen molar-refractivity contribution in [3.63, 3.8) is 0 Å². The Kier molecular flexibility index (Phi) is 6.53. The number of piperidine rings is 2. The lowest BCUT2D eigenvalue weighted by Crippen LogP contribution is -2.58. The molecule has 0 saturated carbocycles. The SMILES string of the molecule is CCS(=O)(=O)N1[C@@H]2CCC[C@H]1C[C@H](N(C)c1nc(Nc3cc(C)[nH]n3)c(F)c(C3=CCOC3)n1)C2. The molecule has 2 bridgehead atoms. The van der Waals surface area contributed by atoms with Gasteiger partial charge < -0.3 is 15.0 Å². The van der Waals surface area contributed by atoms with Crippen molar-refractivity contribution < 1.29 is 17.5 Å². The third-order valence-corrected chi connectivity index (χ3v) is 9.20. The van der Waals surface area contributed by atoms with Crippen LogP contribution < -0.4 is 10.2 Å². The van der Waals surface area contributed by atoms with Gasteiger partial charge in [-0.2, -0.15) is 14.4 Å². The number of aromatic amines is 1. The maximum Gasteiger partial charge on any atom is 0.228 e. The van der Waals surface area contributed by atoms with Gasteiger partial charge in [0.1, 0.15) is 5.69 Å². The molecule has 2 N–H and O–H groups in total. The van der Waals surface area contributed by atoms with Crippen LogP contribution in [0.4, 0.5) is 22.0 Å². The summed E-state index contributed by atoms with van der Waals surface area (Å²) in [5.41, 5.74) is 1.73. The van der Waals surface area contributed by atoms with E-state index in [1.54, 1.807) is 17.3 Å². The summed E-state index contributed by atoms with van der Waals surface area (Å²) < 4.78 is 48.2. The highest BCUT2D eigenvalue weighted by Gasteiger charge is 2.45. The highest BCUT2D eigenvalue weighted by atomic mass is 32.2. The number of nitrogens with one attached hydrogen (secondary N) is 2. The van der Waals surface area contributed by atoms with Gasteiger partial charge in [0.25, 0.3) is 0 Å². The fourth-order valence-electron chi connectivity index (χ4n) is 5.44. The van der Waals surface area contributed by atoms with Gasteiger partial charge in [-0.05, 0) is 39.5 Å². The van der Waals surface area contributed by atoms with E-state index in [4.69, 9.17) is 4.74 Å². The summed E-state index contributed by atoms with van der Waals surface area (Å²) >= 11 is 0. The average Bonchev–Trinajstić information content (AvgIpc) is 3.51. The number of fused-ring (bicyclic) bond motifs is 2. The lowest BCUT2D eigenvalue weighted by Gasteiger charge is -2.49. The molecule has 2 aromatic heterocycles. The quantitative estimate of drug-likeness (QED) is 0.590. The first-order valence-corrected chi connectivity index (χ1v) is 13.8. The van der Waals surface area contributed by atoms with Gasteiger partial charge >= 0.3 is 0 Å². The molecule has 2 fully saturated rings. The lowest BCUT2D eigenvalue weighted by molar-refractivity contribution is 0.109. The number of rotatable bonds is 7. The molecule has 190 valence electrons. The van der Waals surface area contributed by atoms with Gasteiger partial charge in [0.15, 0.2) is 17.5 Å². The summed E-state index contributed by atoms with van der Waals surface area (Å²) in [5.74, 6) is 0.453. The van der Waals surface area contributed by atoms with E-state index in [2.05, 4.69) is 25.5 Å².